The number of carbonyl (C=O) groups excluding carboxylic acids is 1. The van der Waals surface area contributed by atoms with Gasteiger partial charge in [0.05, 0.1) is 6.54 Å². The number of nitrogens with zero attached hydrogens (tertiary/aromatic N) is 1. The van der Waals surface area contributed by atoms with Gasteiger partial charge in [-0.1, -0.05) is 30.7 Å². The second kappa shape index (κ2) is 7.56. The number of carbonyl (C=O) groups is 1. The Morgan fingerprint density at radius 2 is 1.81 bits per heavy atom. The lowest BCUT2D eigenvalue weighted by atomic mass is 10.1. The Morgan fingerprint density at radius 3 is 2.54 bits per heavy atom. The number of pyridine rings is 1. The fourth-order valence-corrected chi connectivity index (χ4v) is 3.13. The second-order valence-corrected chi connectivity index (χ2v) is 6.78. The third-order valence-electron chi connectivity index (χ3n) is 4.48. The van der Waals surface area contributed by atoms with E-state index in [-0.39, 0.29) is 18.0 Å². The summed E-state index contributed by atoms with van der Waals surface area (Å²) in [5, 5.41) is 0.978. The zero-order chi connectivity index (χ0) is 18.7. The first-order valence-corrected chi connectivity index (χ1v) is 8.97. The third kappa shape index (κ3) is 3.85. The summed E-state index contributed by atoms with van der Waals surface area (Å²) in [6.07, 6.45) is 1.23. The van der Waals surface area contributed by atoms with Crippen molar-refractivity contribution in [2.24, 2.45) is 0 Å². The lowest BCUT2D eigenvalue weighted by Gasteiger charge is -2.23. The summed E-state index contributed by atoms with van der Waals surface area (Å²) in [7, 11) is 0. The van der Waals surface area contributed by atoms with E-state index in [9.17, 15) is 9.59 Å². The molecule has 0 radical (unpaired) electrons. The van der Waals surface area contributed by atoms with Gasteiger partial charge in [-0.05, 0) is 61.5 Å². The fourth-order valence-electron chi connectivity index (χ4n) is 3.13. The van der Waals surface area contributed by atoms with Gasteiger partial charge in [-0.25, -0.2) is 0 Å². The Kier molecular flexibility index (Phi) is 5.21. The lowest BCUT2D eigenvalue weighted by Crippen LogP contribution is -2.32. The minimum atomic E-state index is -0.150. The zero-order valence-corrected chi connectivity index (χ0v) is 15.5. The van der Waals surface area contributed by atoms with Crippen molar-refractivity contribution >= 4 is 22.5 Å². The van der Waals surface area contributed by atoms with Crippen LogP contribution in [0.3, 0.4) is 0 Å². The number of hydrogen-bond donors (Lipinski definition) is 1. The summed E-state index contributed by atoms with van der Waals surface area (Å²) < 4.78 is 0. The molecule has 0 aliphatic carbocycles. The Bertz CT molecular complexity index is 1000. The lowest BCUT2D eigenvalue weighted by molar-refractivity contribution is -0.118. The molecule has 4 heteroatoms. The van der Waals surface area contributed by atoms with Crippen molar-refractivity contribution in [1.29, 1.82) is 0 Å². The summed E-state index contributed by atoms with van der Waals surface area (Å²) in [5.74, 6) is 0.0295. The second-order valence-electron chi connectivity index (χ2n) is 6.78. The number of amides is 1. The van der Waals surface area contributed by atoms with Gasteiger partial charge < -0.3 is 9.88 Å². The van der Waals surface area contributed by atoms with E-state index in [2.05, 4.69) is 4.98 Å². The standard InChI is InChI=1S/C22H24N2O2/c1-4-6-21(25)24(19-8-5-7-15(2)12-19)14-18-13-17-11-16(3)9-10-20(17)23-22(18)26/h5,7-13H,4,6,14H2,1-3H3,(H,23,26). The maximum absolute atomic E-state index is 12.7. The van der Waals surface area contributed by atoms with Gasteiger partial charge in [0.2, 0.25) is 5.91 Å². The van der Waals surface area contributed by atoms with Gasteiger partial charge in [0.15, 0.2) is 0 Å². The molecule has 26 heavy (non-hydrogen) atoms. The maximum Gasteiger partial charge on any atom is 0.253 e. The topological polar surface area (TPSA) is 53.2 Å². The number of nitrogens with one attached hydrogen (secondary N) is 1. The Labute approximate surface area is 153 Å². The van der Waals surface area contributed by atoms with E-state index in [1.54, 1.807) is 4.90 Å². The molecule has 134 valence electrons. The number of benzene rings is 2. The summed E-state index contributed by atoms with van der Waals surface area (Å²) in [5.41, 5.74) is 4.30. The molecule has 1 amide bonds. The quantitative estimate of drug-likeness (QED) is 0.739. The molecule has 0 aliphatic rings. The molecule has 0 saturated heterocycles. The van der Waals surface area contributed by atoms with Gasteiger partial charge in [-0.15, -0.1) is 0 Å². The highest BCUT2D eigenvalue weighted by Gasteiger charge is 2.17. The molecule has 3 rings (SSSR count). The molecule has 0 bridgehead atoms. The van der Waals surface area contributed by atoms with E-state index in [1.807, 2.05) is 69.3 Å². The highest BCUT2D eigenvalue weighted by atomic mass is 16.2. The van der Waals surface area contributed by atoms with E-state index in [0.29, 0.717) is 12.0 Å². The molecule has 1 heterocycles. The maximum atomic E-state index is 12.7. The molecule has 4 nitrogen and oxygen atoms in total. The largest absolute Gasteiger partial charge is 0.322 e. The van der Waals surface area contributed by atoms with Gasteiger partial charge in [0, 0.05) is 23.2 Å². The minimum Gasteiger partial charge on any atom is -0.322 e. The molecule has 0 unspecified atom stereocenters. The van der Waals surface area contributed by atoms with Crippen LogP contribution < -0.4 is 10.5 Å². The van der Waals surface area contributed by atoms with Crippen LogP contribution in [0.4, 0.5) is 5.69 Å². The monoisotopic (exact) mass is 348 g/mol. The summed E-state index contributed by atoms with van der Waals surface area (Å²) in [6.45, 7) is 6.27. The van der Waals surface area contributed by atoms with Crippen LogP contribution >= 0.6 is 0 Å². The molecule has 1 aromatic heterocycles. The summed E-state index contributed by atoms with van der Waals surface area (Å²) >= 11 is 0. The van der Waals surface area contributed by atoms with Crippen molar-refractivity contribution in [2.75, 3.05) is 4.90 Å². The molecule has 2 aromatic carbocycles. The average Bonchev–Trinajstić information content (AvgIpc) is 2.60. The average molecular weight is 348 g/mol. The van der Waals surface area contributed by atoms with Crippen LogP contribution in [0.25, 0.3) is 10.9 Å². The number of H-pyrrole nitrogens is 1. The van der Waals surface area contributed by atoms with Crippen molar-refractivity contribution < 1.29 is 4.79 Å². The minimum absolute atomic E-state index is 0.0295. The van der Waals surface area contributed by atoms with E-state index >= 15 is 0 Å². The van der Waals surface area contributed by atoms with Crippen molar-refractivity contribution in [2.45, 2.75) is 40.2 Å². The molecule has 0 aliphatic heterocycles. The van der Waals surface area contributed by atoms with Crippen LogP contribution in [0.15, 0.2) is 53.3 Å². The number of hydrogen-bond acceptors (Lipinski definition) is 2. The van der Waals surface area contributed by atoms with Gasteiger partial charge in [0.25, 0.3) is 5.56 Å². The van der Waals surface area contributed by atoms with Crippen molar-refractivity contribution in [3.8, 4) is 0 Å². The highest BCUT2D eigenvalue weighted by Crippen LogP contribution is 2.21. The number of aryl methyl sites for hydroxylation is 2. The molecule has 0 atom stereocenters. The third-order valence-corrected chi connectivity index (χ3v) is 4.48. The van der Waals surface area contributed by atoms with Crippen molar-refractivity contribution in [1.82, 2.24) is 4.98 Å². The predicted octanol–water partition coefficient (Wildman–Crippen LogP) is 4.48. The smallest absolute Gasteiger partial charge is 0.253 e. The number of anilines is 1. The zero-order valence-electron chi connectivity index (χ0n) is 15.5. The Balaban J connectivity index is 2.03. The first-order valence-electron chi connectivity index (χ1n) is 8.97. The molecule has 1 N–H and O–H groups in total. The van der Waals surface area contributed by atoms with Gasteiger partial charge in [-0.2, -0.15) is 0 Å². The SMILES string of the molecule is CCCC(=O)N(Cc1cc2cc(C)ccc2[nH]c1=O)c1cccc(C)c1. The summed E-state index contributed by atoms with van der Waals surface area (Å²) in [4.78, 5) is 29.9. The van der Waals surface area contributed by atoms with Crippen molar-refractivity contribution in [3.05, 3.63) is 75.6 Å². The van der Waals surface area contributed by atoms with E-state index in [1.165, 1.54) is 0 Å². The van der Waals surface area contributed by atoms with Gasteiger partial charge in [-0.3, -0.25) is 9.59 Å². The van der Waals surface area contributed by atoms with E-state index in [0.717, 1.165) is 34.1 Å². The molecular weight excluding hydrogens is 324 g/mol. The molecular formula is C22H24N2O2. The first-order chi connectivity index (χ1) is 12.5. The number of fused-ring (bicyclic) bond motifs is 1. The van der Waals surface area contributed by atoms with E-state index < -0.39 is 0 Å². The van der Waals surface area contributed by atoms with Crippen LogP contribution in [-0.2, 0) is 11.3 Å². The van der Waals surface area contributed by atoms with Crippen LogP contribution in [0.5, 0.6) is 0 Å². The van der Waals surface area contributed by atoms with Gasteiger partial charge in [0.1, 0.15) is 0 Å². The van der Waals surface area contributed by atoms with Crippen LogP contribution in [0.1, 0.15) is 36.5 Å². The van der Waals surface area contributed by atoms with Crippen LogP contribution in [-0.4, -0.2) is 10.9 Å². The molecule has 0 fully saturated rings. The first kappa shape index (κ1) is 17.9. The van der Waals surface area contributed by atoms with Crippen LogP contribution in [0.2, 0.25) is 0 Å². The van der Waals surface area contributed by atoms with Crippen molar-refractivity contribution in [3.63, 3.8) is 0 Å². The number of rotatable bonds is 5. The molecule has 0 saturated carbocycles. The highest BCUT2D eigenvalue weighted by molar-refractivity contribution is 5.93. The van der Waals surface area contributed by atoms with E-state index in [4.69, 9.17) is 0 Å². The fraction of sp³-hybridized carbons (Fsp3) is 0.273. The Hall–Kier alpha value is -2.88. The number of aromatic nitrogens is 1. The number of aromatic amines is 1. The normalized spacial score (nSPS) is 10.9. The van der Waals surface area contributed by atoms with Gasteiger partial charge >= 0.3 is 0 Å². The predicted molar refractivity (Wildman–Crippen MR) is 107 cm³/mol. The van der Waals surface area contributed by atoms with Crippen LogP contribution in [0, 0.1) is 13.8 Å². The Morgan fingerprint density at radius 1 is 1.04 bits per heavy atom. The molecule has 0 spiro atoms. The summed E-state index contributed by atoms with van der Waals surface area (Å²) in [6, 6.07) is 15.6. The molecule has 3 aromatic rings.